The van der Waals surface area contributed by atoms with Crippen molar-refractivity contribution >= 4 is 16.7 Å². The molecule has 4 nitrogen and oxygen atoms in total. The lowest BCUT2D eigenvalue weighted by Gasteiger charge is -2.34. The van der Waals surface area contributed by atoms with E-state index >= 15 is 0 Å². The van der Waals surface area contributed by atoms with E-state index < -0.39 is 0 Å². The minimum absolute atomic E-state index is 0.436. The summed E-state index contributed by atoms with van der Waals surface area (Å²) in [5.74, 6) is 0.965. The third kappa shape index (κ3) is 2.66. The lowest BCUT2D eigenvalue weighted by molar-refractivity contribution is 0.0328. The molecular weight excluding hydrogens is 210 g/mol. The lowest BCUT2D eigenvalue weighted by atomic mass is 9.89. The van der Waals surface area contributed by atoms with Crippen LogP contribution in [0.5, 0.6) is 0 Å². The van der Waals surface area contributed by atoms with Crippen molar-refractivity contribution in [3.8, 4) is 0 Å². The Labute approximate surface area is 94.2 Å². The van der Waals surface area contributed by atoms with Gasteiger partial charge >= 0.3 is 0 Å². The van der Waals surface area contributed by atoms with Crippen molar-refractivity contribution in [2.24, 2.45) is 0 Å². The van der Waals surface area contributed by atoms with E-state index in [0.717, 1.165) is 36.6 Å². The number of aryl methyl sites for hydroxylation is 1. The number of nitrogens with zero attached hydrogens (tertiary/aromatic N) is 2. The molecule has 0 unspecified atom stereocenters. The quantitative estimate of drug-likeness (QED) is 0.836. The van der Waals surface area contributed by atoms with Crippen LogP contribution in [0.1, 0.15) is 32.0 Å². The Morgan fingerprint density at radius 2 is 2.33 bits per heavy atom. The van der Waals surface area contributed by atoms with Crippen LogP contribution in [-0.4, -0.2) is 28.6 Å². The standard InChI is InChI=1S/C10H17N3OS/c1-3-4-9-12-10(15-13-9)11-7-5-8(6-7)14-2/h7-8H,3-6H2,1-2H3,(H,11,12,13). The number of hydrogen-bond acceptors (Lipinski definition) is 5. The van der Waals surface area contributed by atoms with E-state index in [9.17, 15) is 0 Å². The molecule has 0 radical (unpaired) electrons. The summed E-state index contributed by atoms with van der Waals surface area (Å²) in [6, 6.07) is 0.525. The molecule has 1 aromatic rings. The normalized spacial score (nSPS) is 24.9. The number of rotatable bonds is 5. The van der Waals surface area contributed by atoms with Crippen molar-refractivity contribution in [1.82, 2.24) is 9.36 Å². The zero-order valence-electron chi connectivity index (χ0n) is 9.19. The fourth-order valence-electron chi connectivity index (χ4n) is 1.69. The van der Waals surface area contributed by atoms with Crippen LogP contribution in [0.4, 0.5) is 5.13 Å². The van der Waals surface area contributed by atoms with Crippen LogP contribution >= 0.6 is 11.5 Å². The molecule has 0 atom stereocenters. The van der Waals surface area contributed by atoms with Gasteiger partial charge in [-0.25, -0.2) is 4.98 Å². The van der Waals surface area contributed by atoms with Crippen molar-refractivity contribution in [2.45, 2.75) is 44.8 Å². The molecule has 0 spiro atoms. The Morgan fingerprint density at radius 3 is 3.00 bits per heavy atom. The van der Waals surface area contributed by atoms with Gasteiger partial charge < -0.3 is 10.1 Å². The lowest BCUT2D eigenvalue weighted by Crippen LogP contribution is -2.40. The maximum absolute atomic E-state index is 5.23. The zero-order valence-corrected chi connectivity index (χ0v) is 10.0. The minimum Gasteiger partial charge on any atom is -0.381 e. The zero-order chi connectivity index (χ0) is 10.7. The molecule has 0 aromatic carbocycles. The van der Waals surface area contributed by atoms with Crippen LogP contribution < -0.4 is 5.32 Å². The molecule has 84 valence electrons. The highest BCUT2D eigenvalue weighted by Gasteiger charge is 2.29. The average Bonchev–Trinajstić information content (AvgIpc) is 2.59. The second-order valence-corrected chi connectivity index (χ2v) is 4.69. The smallest absolute Gasteiger partial charge is 0.202 e. The molecular formula is C10H17N3OS. The number of nitrogens with one attached hydrogen (secondary N) is 1. The van der Waals surface area contributed by atoms with E-state index in [1.807, 2.05) is 0 Å². The summed E-state index contributed by atoms with van der Waals surface area (Å²) in [7, 11) is 1.77. The van der Waals surface area contributed by atoms with Crippen molar-refractivity contribution in [3.63, 3.8) is 0 Å². The van der Waals surface area contributed by atoms with E-state index in [1.165, 1.54) is 11.5 Å². The molecule has 5 heteroatoms. The van der Waals surface area contributed by atoms with Gasteiger partial charge in [0.15, 0.2) is 0 Å². The van der Waals surface area contributed by atoms with Crippen molar-refractivity contribution in [1.29, 1.82) is 0 Å². The van der Waals surface area contributed by atoms with Gasteiger partial charge in [0.1, 0.15) is 5.82 Å². The number of hydrogen-bond donors (Lipinski definition) is 1. The van der Waals surface area contributed by atoms with E-state index in [0.29, 0.717) is 12.1 Å². The Bertz CT molecular complexity index is 309. The first-order valence-electron chi connectivity index (χ1n) is 5.43. The number of ether oxygens (including phenoxy) is 1. The van der Waals surface area contributed by atoms with Crippen LogP contribution in [0.3, 0.4) is 0 Å². The molecule has 1 heterocycles. The SMILES string of the molecule is CCCc1nsc(NC2CC(OC)C2)n1. The first-order chi connectivity index (χ1) is 7.31. The second-order valence-electron chi connectivity index (χ2n) is 3.94. The maximum atomic E-state index is 5.23. The van der Waals surface area contributed by atoms with Crippen LogP contribution in [0.15, 0.2) is 0 Å². The molecule has 1 aliphatic rings. The van der Waals surface area contributed by atoms with Crippen LogP contribution in [0.25, 0.3) is 0 Å². The fraction of sp³-hybridized carbons (Fsp3) is 0.800. The van der Waals surface area contributed by atoms with Gasteiger partial charge in [-0.15, -0.1) is 0 Å². The van der Waals surface area contributed by atoms with Gasteiger partial charge in [0.25, 0.3) is 0 Å². The molecule has 1 N–H and O–H groups in total. The van der Waals surface area contributed by atoms with Crippen molar-refractivity contribution < 1.29 is 4.74 Å². The molecule has 2 rings (SSSR count). The second kappa shape index (κ2) is 4.90. The molecule has 0 aliphatic heterocycles. The molecule has 1 aromatic heterocycles. The Morgan fingerprint density at radius 1 is 1.53 bits per heavy atom. The maximum Gasteiger partial charge on any atom is 0.202 e. The Balaban J connectivity index is 1.79. The molecule has 1 aliphatic carbocycles. The highest BCUT2D eigenvalue weighted by molar-refractivity contribution is 7.09. The van der Waals surface area contributed by atoms with E-state index in [-0.39, 0.29) is 0 Å². The fourth-order valence-corrected chi connectivity index (χ4v) is 2.38. The highest BCUT2D eigenvalue weighted by Crippen LogP contribution is 2.26. The monoisotopic (exact) mass is 227 g/mol. The van der Waals surface area contributed by atoms with Crippen LogP contribution in [0.2, 0.25) is 0 Å². The molecule has 1 saturated carbocycles. The van der Waals surface area contributed by atoms with E-state index in [1.54, 1.807) is 7.11 Å². The molecule has 15 heavy (non-hydrogen) atoms. The predicted octanol–water partition coefficient (Wildman–Crippen LogP) is 2.08. The summed E-state index contributed by atoms with van der Waals surface area (Å²) in [5.41, 5.74) is 0. The summed E-state index contributed by atoms with van der Waals surface area (Å²) in [4.78, 5) is 4.43. The average molecular weight is 227 g/mol. The van der Waals surface area contributed by atoms with E-state index in [4.69, 9.17) is 4.74 Å². The van der Waals surface area contributed by atoms with Gasteiger partial charge in [0.2, 0.25) is 5.13 Å². The third-order valence-electron chi connectivity index (χ3n) is 2.70. The summed E-state index contributed by atoms with van der Waals surface area (Å²) in [6.45, 7) is 2.14. The first-order valence-corrected chi connectivity index (χ1v) is 6.21. The number of methoxy groups -OCH3 is 1. The summed E-state index contributed by atoms with van der Waals surface area (Å²) in [6.07, 6.45) is 4.68. The summed E-state index contributed by atoms with van der Waals surface area (Å²) < 4.78 is 9.52. The molecule has 1 fully saturated rings. The third-order valence-corrected chi connectivity index (χ3v) is 3.38. The molecule has 0 amide bonds. The van der Waals surface area contributed by atoms with Gasteiger partial charge in [-0.05, 0) is 19.3 Å². The Hall–Kier alpha value is -0.680. The van der Waals surface area contributed by atoms with E-state index in [2.05, 4.69) is 21.6 Å². The van der Waals surface area contributed by atoms with Crippen molar-refractivity contribution in [2.75, 3.05) is 12.4 Å². The topological polar surface area (TPSA) is 47.0 Å². The molecule has 0 bridgehead atoms. The van der Waals surface area contributed by atoms with Gasteiger partial charge in [-0.2, -0.15) is 4.37 Å². The number of aromatic nitrogens is 2. The van der Waals surface area contributed by atoms with Gasteiger partial charge in [-0.3, -0.25) is 0 Å². The van der Waals surface area contributed by atoms with Crippen LogP contribution in [-0.2, 0) is 11.2 Å². The first kappa shape index (κ1) is 10.8. The van der Waals surface area contributed by atoms with Gasteiger partial charge in [0, 0.05) is 31.1 Å². The summed E-state index contributed by atoms with van der Waals surface area (Å²) >= 11 is 1.46. The largest absolute Gasteiger partial charge is 0.381 e. The summed E-state index contributed by atoms with van der Waals surface area (Å²) in [5, 5.41) is 4.34. The minimum atomic E-state index is 0.436. The predicted molar refractivity (Wildman–Crippen MR) is 61.3 cm³/mol. The van der Waals surface area contributed by atoms with Crippen molar-refractivity contribution in [3.05, 3.63) is 5.82 Å². The van der Waals surface area contributed by atoms with Crippen LogP contribution in [0, 0.1) is 0 Å². The highest BCUT2D eigenvalue weighted by atomic mass is 32.1. The Kier molecular flexibility index (Phi) is 3.53. The van der Waals surface area contributed by atoms with Gasteiger partial charge in [-0.1, -0.05) is 6.92 Å². The number of anilines is 1. The molecule has 0 saturated heterocycles. The van der Waals surface area contributed by atoms with Gasteiger partial charge in [0.05, 0.1) is 6.10 Å².